The van der Waals surface area contributed by atoms with Gasteiger partial charge in [-0.15, -0.1) is 0 Å². The number of aliphatic hydroxyl groups excluding tert-OH is 1. The lowest BCUT2D eigenvalue weighted by molar-refractivity contribution is 0.189. The molecule has 2 aromatic rings. The summed E-state index contributed by atoms with van der Waals surface area (Å²) in [6.45, 7) is 2.87. The molecule has 1 aliphatic rings. The Hall–Kier alpha value is -1.91. The van der Waals surface area contributed by atoms with Crippen LogP contribution >= 0.6 is 0 Å². The molecule has 1 saturated heterocycles. The Morgan fingerprint density at radius 1 is 1.14 bits per heavy atom. The maximum absolute atomic E-state index is 9.10. The van der Waals surface area contributed by atoms with Crippen LogP contribution in [0.4, 0.5) is 0 Å². The van der Waals surface area contributed by atoms with Crippen LogP contribution in [0.1, 0.15) is 17.7 Å². The Morgan fingerprint density at radius 3 is 2.81 bits per heavy atom. The third kappa shape index (κ3) is 3.80. The fourth-order valence-corrected chi connectivity index (χ4v) is 2.66. The van der Waals surface area contributed by atoms with Crippen LogP contribution in [0, 0.1) is 0 Å². The molecule has 0 spiro atoms. The highest BCUT2D eigenvalue weighted by Crippen LogP contribution is 2.18. The molecule has 1 N–H and O–H groups in total. The molecule has 0 aliphatic carbocycles. The summed E-state index contributed by atoms with van der Waals surface area (Å²) in [4.78, 5) is 6.67. The highest BCUT2D eigenvalue weighted by molar-refractivity contribution is 5.16. The van der Waals surface area contributed by atoms with Crippen molar-refractivity contribution in [3.8, 4) is 5.88 Å². The maximum atomic E-state index is 9.10. The number of aliphatic hydroxyl groups is 1. The van der Waals surface area contributed by atoms with Gasteiger partial charge in [-0.25, -0.2) is 4.98 Å². The first-order chi connectivity index (χ1) is 10.3. The molecule has 0 saturated carbocycles. The number of ether oxygens (including phenoxy) is 1. The third-order valence-corrected chi connectivity index (χ3v) is 3.71. The van der Waals surface area contributed by atoms with Crippen LogP contribution in [0.15, 0.2) is 48.5 Å². The van der Waals surface area contributed by atoms with E-state index >= 15 is 0 Å². The normalized spacial score (nSPS) is 18.8. The molecule has 110 valence electrons. The monoisotopic (exact) mass is 284 g/mol. The van der Waals surface area contributed by atoms with Gasteiger partial charge < -0.3 is 9.84 Å². The molecule has 2 heterocycles. The smallest absolute Gasteiger partial charge is 0.213 e. The van der Waals surface area contributed by atoms with E-state index in [0.29, 0.717) is 11.6 Å². The molecular formula is C17H20N2O2. The average Bonchev–Trinajstić information content (AvgIpc) is 2.95. The summed E-state index contributed by atoms with van der Waals surface area (Å²) in [5, 5.41) is 9.10. The first-order valence-electron chi connectivity index (χ1n) is 7.33. The Balaban J connectivity index is 1.54. The Kier molecular flexibility index (Phi) is 4.48. The van der Waals surface area contributed by atoms with E-state index in [9.17, 15) is 0 Å². The van der Waals surface area contributed by atoms with Gasteiger partial charge in [-0.1, -0.05) is 36.4 Å². The average molecular weight is 284 g/mol. The molecule has 3 rings (SSSR count). The summed E-state index contributed by atoms with van der Waals surface area (Å²) >= 11 is 0. The molecule has 1 aromatic carbocycles. The molecule has 0 radical (unpaired) electrons. The second kappa shape index (κ2) is 6.70. The second-order valence-electron chi connectivity index (χ2n) is 5.37. The van der Waals surface area contributed by atoms with Gasteiger partial charge in [-0.2, -0.15) is 0 Å². The lowest BCUT2D eigenvalue weighted by atomic mass is 10.2. The van der Waals surface area contributed by atoms with Crippen LogP contribution in [0.5, 0.6) is 5.88 Å². The van der Waals surface area contributed by atoms with Gasteiger partial charge in [0.2, 0.25) is 5.88 Å². The Morgan fingerprint density at radius 2 is 2.00 bits per heavy atom. The largest absolute Gasteiger partial charge is 0.473 e. The van der Waals surface area contributed by atoms with E-state index in [0.717, 1.165) is 26.1 Å². The second-order valence-corrected chi connectivity index (χ2v) is 5.37. The van der Waals surface area contributed by atoms with Crippen molar-refractivity contribution >= 4 is 0 Å². The van der Waals surface area contributed by atoms with Crippen molar-refractivity contribution in [3.63, 3.8) is 0 Å². The van der Waals surface area contributed by atoms with Crippen molar-refractivity contribution in [1.82, 2.24) is 9.88 Å². The minimum atomic E-state index is -0.0536. The number of nitrogens with zero attached hydrogens (tertiary/aromatic N) is 2. The van der Waals surface area contributed by atoms with E-state index in [1.807, 2.05) is 18.2 Å². The molecular weight excluding hydrogens is 264 g/mol. The fraction of sp³-hybridized carbons (Fsp3) is 0.353. The Bertz CT molecular complexity index is 574. The summed E-state index contributed by atoms with van der Waals surface area (Å²) in [5.41, 5.74) is 1.98. The maximum Gasteiger partial charge on any atom is 0.213 e. The predicted molar refractivity (Wildman–Crippen MR) is 80.9 cm³/mol. The number of hydrogen-bond acceptors (Lipinski definition) is 4. The van der Waals surface area contributed by atoms with Crippen molar-refractivity contribution in [2.75, 3.05) is 13.1 Å². The van der Waals surface area contributed by atoms with E-state index in [1.165, 1.54) is 5.56 Å². The predicted octanol–water partition coefficient (Wildman–Crippen LogP) is 2.23. The summed E-state index contributed by atoms with van der Waals surface area (Å²) < 4.78 is 5.92. The van der Waals surface area contributed by atoms with E-state index in [4.69, 9.17) is 9.84 Å². The molecule has 1 unspecified atom stereocenters. The molecule has 21 heavy (non-hydrogen) atoms. The van der Waals surface area contributed by atoms with Gasteiger partial charge in [-0.05, 0) is 18.1 Å². The van der Waals surface area contributed by atoms with Crippen LogP contribution in [0.25, 0.3) is 0 Å². The first kappa shape index (κ1) is 14.0. The molecule has 1 fully saturated rings. The van der Waals surface area contributed by atoms with Crippen molar-refractivity contribution in [2.45, 2.75) is 25.7 Å². The minimum Gasteiger partial charge on any atom is -0.473 e. The zero-order chi connectivity index (χ0) is 14.5. The molecule has 4 nitrogen and oxygen atoms in total. The number of benzene rings is 1. The number of hydrogen-bond donors (Lipinski definition) is 1. The summed E-state index contributed by atoms with van der Waals surface area (Å²) in [7, 11) is 0. The third-order valence-electron chi connectivity index (χ3n) is 3.71. The van der Waals surface area contributed by atoms with Crippen LogP contribution in [-0.4, -0.2) is 34.2 Å². The zero-order valence-corrected chi connectivity index (χ0v) is 12.0. The van der Waals surface area contributed by atoms with E-state index < -0.39 is 0 Å². The van der Waals surface area contributed by atoms with Crippen LogP contribution in [0.3, 0.4) is 0 Å². The van der Waals surface area contributed by atoms with Crippen molar-refractivity contribution in [3.05, 3.63) is 59.8 Å². The van der Waals surface area contributed by atoms with Gasteiger partial charge in [0.05, 0.1) is 12.3 Å². The van der Waals surface area contributed by atoms with Gasteiger partial charge >= 0.3 is 0 Å². The van der Waals surface area contributed by atoms with Crippen molar-refractivity contribution in [1.29, 1.82) is 0 Å². The SMILES string of the molecule is OCc1cccc(OC2CCN(Cc3ccccc3)C2)n1. The van der Waals surface area contributed by atoms with Crippen LogP contribution < -0.4 is 4.74 Å². The quantitative estimate of drug-likeness (QED) is 0.914. The molecule has 4 heteroatoms. The van der Waals surface area contributed by atoms with Gasteiger partial charge in [-0.3, -0.25) is 4.90 Å². The molecule has 1 atom stereocenters. The number of likely N-dealkylation sites (tertiary alicyclic amines) is 1. The van der Waals surface area contributed by atoms with Crippen molar-refractivity contribution < 1.29 is 9.84 Å². The lowest BCUT2D eigenvalue weighted by Gasteiger charge is -2.16. The number of aromatic nitrogens is 1. The minimum absolute atomic E-state index is 0.0536. The molecule has 0 bridgehead atoms. The standard InChI is InChI=1S/C17H20N2O2/c20-13-15-7-4-8-17(18-15)21-16-9-10-19(12-16)11-14-5-2-1-3-6-14/h1-8,16,20H,9-13H2. The van der Waals surface area contributed by atoms with Gasteiger partial charge in [0.15, 0.2) is 0 Å². The summed E-state index contributed by atoms with van der Waals surface area (Å²) in [6, 6.07) is 16.0. The van der Waals surface area contributed by atoms with Crippen LogP contribution in [-0.2, 0) is 13.2 Å². The first-order valence-corrected chi connectivity index (χ1v) is 7.33. The van der Waals surface area contributed by atoms with E-state index in [1.54, 1.807) is 6.07 Å². The highest BCUT2D eigenvalue weighted by Gasteiger charge is 2.24. The topological polar surface area (TPSA) is 45.6 Å². The lowest BCUT2D eigenvalue weighted by Crippen LogP contribution is -2.24. The van der Waals surface area contributed by atoms with Crippen LogP contribution in [0.2, 0.25) is 0 Å². The van der Waals surface area contributed by atoms with Crippen molar-refractivity contribution in [2.24, 2.45) is 0 Å². The molecule has 1 aliphatic heterocycles. The van der Waals surface area contributed by atoms with Gasteiger partial charge in [0.25, 0.3) is 0 Å². The number of pyridine rings is 1. The summed E-state index contributed by atoms with van der Waals surface area (Å²) in [6.07, 6.45) is 1.19. The summed E-state index contributed by atoms with van der Waals surface area (Å²) in [5.74, 6) is 0.605. The molecule has 0 amide bonds. The highest BCUT2D eigenvalue weighted by atomic mass is 16.5. The fourth-order valence-electron chi connectivity index (χ4n) is 2.66. The van der Waals surface area contributed by atoms with E-state index in [-0.39, 0.29) is 12.7 Å². The Labute approximate surface area is 125 Å². The number of rotatable bonds is 5. The molecule has 1 aromatic heterocycles. The zero-order valence-electron chi connectivity index (χ0n) is 12.0. The van der Waals surface area contributed by atoms with Gasteiger partial charge in [0.1, 0.15) is 6.10 Å². The van der Waals surface area contributed by atoms with E-state index in [2.05, 4.69) is 34.1 Å². The van der Waals surface area contributed by atoms with Gasteiger partial charge in [0, 0.05) is 25.7 Å².